The lowest BCUT2D eigenvalue weighted by molar-refractivity contribution is -0.161. The van der Waals surface area contributed by atoms with E-state index in [0.717, 1.165) is 6.42 Å². The highest BCUT2D eigenvalue weighted by Gasteiger charge is 2.47. The first kappa shape index (κ1) is 13.9. The van der Waals surface area contributed by atoms with Gasteiger partial charge < -0.3 is 4.74 Å². The zero-order valence-electron chi connectivity index (χ0n) is 8.18. The minimum absolute atomic E-state index is 0.264. The van der Waals surface area contributed by atoms with Crippen molar-refractivity contribution in [3.63, 3.8) is 0 Å². The highest BCUT2D eigenvalue weighted by atomic mass is 19.3. The van der Waals surface area contributed by atoms with E-state index in [4.69, 9.17) is 0 Å². The molecule has 0 spiro atoms. The molecule has 88 valence electrons. The number of unbranched alkanes of at least 4 members (excludes halogenated alkanes) is 1. The fourth-order valence-corrected chi connectivity index (χ4v) is 0.624. The van der Waals surface area contributed by atoms with Crippen LogP contribution >= 0.6 is 0 Å². The van der Waals surface area contributed by atoms with Crippen molar-refractivity contribution < 1.29 is 27.1 Å². The smallest absolute Gasteiger partial charge is 0.368 e. The Morgan fingerprint density at radius 2 is 2.07 bits per heavy atom. The fraction of sp³-hybridized carbons (Fsp3) is 0.667. The van der Waals surface area contributed by atoms with E-state index in [2.05, 4.69) is 4.74 Å². The highest BCUT2D eigenvalue weighted by molar-refractivity contribution is 5.95. The number of ether oxygens (including phenoxy) is 1. The predicted molar refractivity (Wildman–Crippen MR) is 46.0 cm³/mol. The molecule has 0 N–H and O–H groups in total. The Balaban J connectivity index is 4.02. The number of allylic oxidation sites excluding steroid dienone is 1. The normalized spacial score (nSPS) is 12.4. The number of rotatable bonds is 7. The largest absolute Gasteiger partial charge is 0.501 e. The summed E-state index contributed by atoms with van der Waals surface area (Å²) in [6.07, 6.45) is -1.42. The first-order chi connectivity index (χ1) is 6.92. The van der Waals surface area contributed by atoms with Crippen LogP contribution in [0.5, 0.6) is 0 Å². The van der Waals surface area contributed by atoms with Gasteiger partial charge in [-0.15, -0.1) is 0 Å². The van der Waals surface area contributed by atoms with E-state index in [1.807, 2.05) is 6.92 Å². The maximum atomic E-state index is 12.3. The molecule has 15 heavy (non-hydrogen) atoms. The molecule has 0 heterocycles. The van der Waals surface area contributed by atoms with Gasteiger partial charge in [-0.2, -0.15) is 8.78 Å². The Kier molecular flexibility index (Phi) is 5.96. The van der Waals surface area contributed by atoms with Crippen molar-refractivity contribution in [1.29, 1.82) is 0 Å². The fourth-order valence-electron chi connectivity index (χ4n) is 0.624. The van der Waals surface area contributed by atoms with Crippen LogP contribution in [0.4, 0.5) is 17.6 Å². The van der Waals surface area contributed by atoms with E-state index in [-0.39, 0.29) is 6.61 Å². The van der Waals surface area contributed by atoms with Gasteiger partial charge in [0, 0.05) is 6.08 Å². The van der Waals surface area contributed by atoms with Crippen LogP contribution in [0.15, 0.2) is 12.3 Å². The maximum absolute atomic E-state index is 12.3. The molecule has 0 radical (unpaired) electrons. The lowest BCUT2D eigenvalue weighted by Crippen LogP contribution is -2.35. The standard InChI is InChI=1S/C9H12F4O2/c1-2-3-5-15-6-4-7(14)9(12,13)8(10)11/h4,6,8H,2-3,5H2,1H3/b6-4+. The quantitative estimate of drug-likeness (QED) is 0.290. The summed E-state index contributed by atoms with van der Waals surface area (Å²) in [7, 11) is 0. The van der Waals surface area contributed by atoms with Crippen LogP contribution in [-0.4, -0.2) is 24.7 Å². The molecule has 0 aromatic carbocycles. The number of carbonyl (C=O) groups is 1. The summed E-state index contributed by atoms with van der Waals surface area (Å²) in [5.41, 5.74) is 0. The van der Waals surface area contributed by atoms with Crippen molar-refractivity contribution in [1.82, 2.24) is 0 Å². The van der Waals surface area contributed by atoms with Gasteiger partial charge in [0.15, 0.2) is 0 Å². The third-order valence-electron chi connectivity index (χ3n) is 1.53. The molecule has 0 aromatic heterocycles. The van der Waals surface area contributed by atoms with Crippen molar-refractivity contribution in [2.24, 2.45) is 0 Å². The van der Waals surface area contributed by atoms with E-state index in [0.29, 0.717) is 18.8 Å². The summed E-state index contributed by atoms with van der Waals surface area (Å²) < 4.78 is 52.6. The molecule has 0 amide bonds. The molecule has 0 aliphatic rings. The van der Waals surface area contributed by atoms with Crippen molar-refractivity contribution >= 4 is 5.78 Å². The minimum atomic E-state index is -4.63. The third-order valence-corrected chi connectivity index (χ3v) is 1.53. The molecule has 0 unspecified atom stereocenters. The van der Waals surface area contributed by atoms with Gasteiger partial charge in [0.1, 0.15) is 0 Å². The van der Waals surface area contributed by atoms with Crippen molar-refractivity contribution in [3.8, 4) is 0 Å². The summed E-state index contributed by atoms with van der Waals surface area (Å²) in [6, 6.07) is 0. The maximum Gasteiger partial charge on any atom is 0.368 e. The summed E-state index contributed by atoms with van der Waals surface area (Å²) in [6.45, 7) is 2.16. The Morgan fingerprint density at radius 1 is 1.47 bits per heavy atom. The summed E-state index contributed by atoms with van der Waals surface area (Å²) >= 11 is 0. The van der Waals surface area contributed by atoms with Crippen molar-refractivity contribution in [3.05, 3.63) is 12.3 Å². The number of hydrogen-bond acceptors (Lipinski definition) is 2. The van der Waals surface area contributed by atoms with E-state index < -0.39 is 18.1 Å². The third kappa shape index (κ3) is 4.80. The zero-order chi connectivity index (χ0) is 11.9. The molecule has 0 saturated heterocycles. The van der Waals surface area contributed by atoms with Crippen LogP contribution < -0.4 is 0 Å². The second-order valence-corrected chi connectivity index (χ2v) is 2.82. The first-order valence-corrected chi connectivity index (χ1v) is 4.41. The molecule has 0 fully saturated rings. The van der Waals surface area contributed by atoms with Crippen LogP contribution in [-0.2, 0) is 9.53 Å². The average Bonchev–Trinajstić information content (AvgIpc) is 2.16. The average molecular weight is 228 g/mol. The minimum Gasteiger partial charge on any atom is -0.501 e. The van der Waals surface area contributed by atoms with E-state index >= 15 is 0 Å². The molecule has 0 aromatic rings. The SMILES string of the molecule is CCCCO/C=C/C(=O)C(F)(F)C(F)F. The van der Waals surface area contributed by atoms with Crippen LogP contribution in [0, 0.1) is 0 Å². The number of hydrogen-bond donors (Lipinski definition) is 0. The Labute approximate surface area is 84.9 Å². The molecule has 2 nitrogen and oxygen atoms in total. The topological polar surface area (TPSA) is 26.3 Å². The lowest BCUT2D eigenvalue weighted by Gasteiger charge is -2.10. The lowest BCUT2D eigenvalue weighted by atomic mass is 10.2. The van der Waals surface area contributed by atoms with E-state index in [1.165, 1.54) is 0 Å². The van der Waals surface area contributed by atoms with Gasteiger partial charge in [0.05, 0.1) is 12.9 Å². The Morgan fingerprint density at radius 3 is 2.53 bits per heavy atom. The van der Waals surface area contributed by atoms with Gasteiger partial charge in [-0.3, -0.25) is 4.79 Å². The summed E-state index contributed by atoms with van der Waals surface area (Å²) in [5.74, 6) is -6.58. The van der Waals surface area contributed by atoms with E-state index in [9.17, 15) is 22.4 Å². The summed E-state index contributed by atoms with van der Waals surface area (Å²) in [4.78, 5) is 10.5. The summed E-state index contributed by atoms with van der Waals surface area (Å²) in [5, 5.41) is 0. The highest BCUT2D eigenvalue weighted by Crippen LogP contribution is 2.24. The molecule has 0 atom stereocenters. The molecule has 0 rings (SSSR count). The van der Waals surface area contributed by atoms with Gasteiger partial charge in [-0.25, -0.2) is 8.78 Å². The Hall–Kier alpha value is -1.07. The van der Waals surface area contributed by atoms with Gasteiger partial charge in [-0.05, 0) is 6.42 Å². The zero-order valence-corrected chi connectivity index (χ0v) is 8.18. The monoisotopic (exact) mass is 228 g/mol. The molecule has 0 aliphatic carbocycles. The molecular formula is C9H12F4O2. The Bertz CT molecular complexity index is 226. The molecule has 0 bridgehead atoms. The van der Waals surface area contributed by atoms with Crippen LogP contribution in [0.1, 0.15) is 19.8 Å². The predicted octanol–water partition coefficient (Wildman–Crippen LogP) is 2.79. The molecule has 0 aliphatic heterocycles. The number of alkyl halides is 4. The second kappa shape index (κ2) is 6.42. The second-order valence-electron chi connectivity index (χ2n) is 2.82. The molecular weight excluding hydrogens is 216 g/mol. The van der Waals surface area contributed by atoms with Gasteiger partial charge in [0.2, 0.25) is 5.78 Å². The van der Waals surface area contributed by atoms with Crippen molar-refractivity contribution in [2.45, 2.75) is 32.1 Å². The van der Waals surface area contributed by atoms with Gasteiger partial charge in [-0.1, -0.05) is 13.3 Å². The number of carbonyl (C=O) groups excluding carboxylic acids is 1. The van der Waals surface area contributed by atoms with Crippen LogP contribution in [0.3, 0.4) is 0 Å². The first-order valence-electron chi connectivity index (χ1n) is 4.41. The van der Waals surface area contributed by atoms with Crippen molar-refractivity contribution in [2.75, 3.05) is 6.61 Å². The van der Waals surface area contributed by atoms with E-state index in [1.54, 1.807) is 0 Å². The van der Waals surface area contributed by atoms with Crippen LogP contribution in [0.2, 0.25) is 0 Å². The number of ketones is 1. The molecule has 6 heteroatoms. The number of halogens is 4. The van der Waals surface area contributed by atoms with Gasteiger partial charge in [0.25, 0.3) is 0 Å². The van der Waals surface area contributed by atoms with Gasteiger partial charge >= 0.3 is 12.3 Å². The molecule has 0 saturated carbocycles. The van der Waals surface area contributed by atoms with Crippen LogP contribution in [0.25, 0.3) is 0 Å².